The van der Waals surface area contributed by atoms with E-state index in [1.165, 1.54) is 0 Å². The van der Waals surface area contributed by atoms with Crippen LogP contribution >= 0.6 is 0 Å². The van der Waals surface area contributed by atoms with Crippen LogP contribution in [0.2, 0.25) is 0 Å². The van der Waals surface area contributed by atoms with Crippen LogP contribution in [0.5, 0.6) is 0 Å². The van der Waals surface area contributed by atoms with E-state index < -0.39 is 25.6 Å². The Morgan fingerprint density at radius 1 is 0.944 bits per heavy atom. The van der Waals surface area contributed by atoms with E-state index in [9.17, 15) is 19.0 Å². The third-order valence-corrected chi connectivity index (χ3v) is 2.54. The quantitative estimate of drug-likeness (QED) is 0.736. The number of aliphatic hydroxyl groups is 2. The first-order valence-corrected chi connectivity index (χ1v) is 5.90. The van der Waals surface area contributed by atoms with Crippen LogP contribution in [0, 0.1) is 0 Å². The van der Waals surface area contributed by atoms with Crippen LogP contribution in [-0.4, -0.2) is 53.8 Å². The summed E-state index contributed by atoms with van der Waals surface area (Å²) < 4.78 is 24.6. The van der Waals surface area contributed by atoms with Gasteiger partial charge in [-0.3, -0.25) is 4.90 Å². The lowest BCUT2D eigenvalue weighted by atomic mass is 10.2. The van der Waals surface area contributed by atoms with Crippen molar-refractivity contribution in [3.05, 3.63) is 35.9 Å². The largest absolute Gasteiger partial charge is 0.389 e. The van der Waals surface area contributed by atoms with Crippen LogP contribution in [-0.2, 0) is 6.54 Å². The molecule has 1 aromatic carbocycles. The van der Waals surface area contributed by atoms with Crippen LogP contribution in [0.15, 0.2) is 30.3 Å². The zero-order valence-corrected chi connectivity index (χ0v) is 10.2. The summed E-state index contributed by atoms with van der Waals surface area (Å²) in [5.74, 6) is 0. The van der Waals surface area contributed by atoms with E-state index in [1.54, 1.807) is 4.90 Å². The molecule has 1 aromatic rings. The summed E-state index contributed by atoms with van der Waals surface area (Å²) in [4.78, 5) is 1.64. The molecule has 0 radical (unpaired) electrons. The highest BCUT2D eigenvalue weighted by Crippen LogP contribution is 2.06. The topological polar surface area (TPSA) is 43.7 Å². The summed E-state index contributed by atoms with van der Waals surface area (Å²) in [5, 5.41) is 18.6. The highest BCUT2D eigenvalue weighted by Gasteiger charge is 2.15. The smallest absolute Gasteiger partial charge is 0.117 e. The molecule has 0 aliphatic carbocycles. The molecule has 2 atom stereocenters. The van der Waals surface area contributed by atoms with Crippen molar-refractivity contribution in [1.82, 2.24) is 4.90 Å². The van der Waals surface area contributed by atoms with Gasteiger partial charge in [0.1, 0.15) is 13.3 Å². The molecule has 2 N–H and O–H groups in total. The van der Waals surface area contributed by atoms with Crippen molar-refractivity contribution in [3.63, 3.8) is 0 Å². The van der Waals surface area contributed by atoms with Gasteiger partial charge < -0.3 is 10.2 Å². The van der Waals surface area contributed by atoms with E-state index in [1.807, 2.05) is 30.3 Å². The van der Waals surface area contributed by atoms with Crippen LogP contribution in [0.1, 0.15) is 5.56 Å². The highest BCUT2D eigenvalue weighted by atomic mass is 19.1. The van der Waals surface area contributed by atoms with Crippen LogP contribution in [0.4, 0.5) is 8.78 Å². The Balaban J connectivity index is 2.59. The maximum absolute atomic E-state index is 12.3. The van der Waals surface area contributed by atoms with Gasteiger partial charge in [-0.2, -0.15) is 0 Å². The summed E-state index contributed by atoms with van der Waals surface area (Å²) in [6.45, 7) is -1.12. The van der Waals surface area contributed by atoms with E-state index in [0.29, 0.717) is 6.54 Å². The minimum absolute atomic E-state index is 0.0719. The maximum Gasteiger partial charge on any atom is 0.117 e. The van der Waals surface area contributed by atoms with E-state index in [0.717, 1.165) is 5.56 Å². The van der Waals surface area contributed by atoms with Gasteiger partial charge in [0, 0.05) is 19.6 Å². The van der Waals surface area contributed by atoms with Gasteiger partial charge in [0.15, 0.2) is 0 Å². The molecule has 18 heavy (non-hydrogen) atoms. The predicted molar refractivity (Wildman–Crippen MR) is 65.7 cm³/mol. The lowest BCUT2D eigenvalue weighted by Crippen LogP contribution is -2.39. The molecule has 102 valence electrons. The lowest BCUT2D eigenvalue weighted by Gasteiger charge is -2.25. The number of alkyl halides is 2. The number of hydrogen-bond acceptors (Lipinski definition) is 3. The minimum atomic E-state index is -1.11. The lowest BCUT2D eigenvalue weighted by molar-refractivity contribution is 0.0457. The number of nitrogens with zero attached hydrogens (tertiary/aromatic N) is 1. The van der Waals surface area contributed by atoms with Gasteiger partial charge >= 0.3 is 0 Å². The third-order valence-electron chi connectivity index (χ3n) is 2.54. The van der Waals surface area contributed by atoms with Crippen molar-refractivity contribution >= 4 is 0 Å². The van der Waals surface area contributed by atoms with Gasteiger partial charge in [0.2, 0.25) is 0 Å². The molecule has 0 bridgehead atoms. The Kier molecular flexibility index (Phi) is 6.78. The summed E-state index contributed by atoms with van der Waals surface area (Å²) in [7, 11) is 0. The van der Waals surface area contributed by atoms with E-state index in [-0.39, 0.29) is 13.1 Å². The molecular weight excluding hydrogens is 240 g/mol. The molecule has 0 heterocycles. The molecule has 1 rings (SSSR count). The SMILES string of the molecule is OC(CF)CN(Cc1ccccc1)CC(O)CF. The molecule has 2 unspecified atom stereocenters. The third kappa shape index (κ3) is 5.53. The Morgan fingerprint density at radius 3 is 1.89 bits per heavy atom. The van der Waals surface area contributed by atoms with Crippen molar-refractivity contribution < 1.29 is 19.0 Å². The monoisotopic (exact) mass is 259 g/mol. The molecule has 0 saturated heterocycles. The summed E-state index contributed by atoms with van der Waals surface area (Å²) in [5.41, 5.74) is 0.967. The summed E-state index contributed by atoms with van der Waals surface area (Å²) >= 11 is 0. The van der Waals surface area contributed by atoms with Crippen molar-refractivity contribution in [2.24, 2.45) is 0 Å². The highest BCUT2D eigenvalue weighted by molar-refractivity contribution is 5.14. The fourth-order valence-electron chi connectivity index (χ4n) is 1.74. The Hall–Kier alpha value is -1.04. The first-order chi connectivity index (χ1) is 8.65. The van der Waals surface area contributed by atoms with Crippen molar-refractivity contribution in [1.29, 1.82) is 0 Å². The zero-order chi connectivity index (χ0) is 13.4. The molecule has 0 spiro atoms. The van der Waals surface area contributed by atoms with Crippen LogP contribution < -0.4 is 0 Å². The van der Waals surface area contributed by atoms with Gasteiger partial charge in [0.25, 0.3) is 0 Å². The normalized spacial score (nSPS) is 14.7. The maximum atomic E-state index is 12.3. The average Bonchev–Trinajstić information content (AvgIpc) is 2.39. The second-order valence-electron chi connectivity index (χ2n) is 4.30. The molecule has 0 aliphatic rings. The second-order valence-corrected chi connectivity index (χ2v) is 4.30. The second kappa shape index (κ2) is 8.13. The summed E-state index contributed by atoms with van der Waals surface area (Å²) in [6.07, 6.45) is -2.22. The summed E-state index contributed by atoms with van der Waals surface area (Å²) in [6, 6.07) is 9.38. The Morgan fingerprint density at radius 2 is 1.44 bits per heavy atom. The number of rotatable bonds is 8. The molecule has 0 saturated carbocycles. The number of hydrogen-bond donors (Lipinski definition) is 2. The predicted octanol–water partition coefficient (Wildman–Crippen LogP) is 1.15. The van der Waals surface area contributed by atoms with Crippen LogP contribution in [0.25, 0.3) is 0 Å². The average molecular weight is 259 g/mol. The Bertz CT molecular complexity index is 312. The first kappa shape index (κ1) is 15.0. The van der Waals surface area contributed by atoms with Gasteiger partial charge in [-0.1, -0.05) is 30.3 Å². The van der Waals surface area contributed by atoms with Crippen molar-refractivity contribution in [2.45, 2.75) is 18.8 Å². The fraction of sp³-hybridized carbons (Fsp3) is 0.538. The van der Waals surface area contributed by atoms with E-state index >= 15 is 0 Å². The molecule has 0 aliphatic heterocycles. The molecule has 0 aromatic heterocycles. The number of halogens is 2. The zero-order valence-electron chi connectivity index (χ0n) is 10.2. The van der Waals surface area contributed by atoms with E-state index in [2.05, 4.69) is 0 Å². The van der Waals surface area contributed by atoms with Gasteiger partial charge in [0.05, 0.1) is 12.2 Å². The standard InChI is InChI=1S/C13H19F2NO2/c14-6-12(17)9-16(10-13(18)7-15)8-11-4-2-1-3-5-11/h1-5,12-13,17-18H,6-10H2. The molecule has 0 amide bonds. The first-order valence-electron chi connectivity index (χ1n) is 5.90. The molecule has 3 nitrogen and oxygen atoms in total. The Labute approximate surface area is 106 Å². The van der Waals surface area contributed by atoms with Crippen molar-refractivity contribution in [3.8, 4) is 0 Å². The molecule has 5 heteroatoms. The van der Waals surface area contributed by atoms with E-state index in [4.69, 9.17) is 0 Å². The van der Waals surface area contributed by atoms with Crippen molar-refractivity contribution in [2.75, 3.05) is 26.4 Å². The number of benzene rings is 1. The van der Waals surface area contributed by atoms with Gasteiger partial charge in [-0.15, -0.1) is 0 Å². The molecule has 0 fully saturated rings. The number of aliphatic hydroxyl groups excluding tert-OH is 2. The van der Waals surface area contributed by atoms with Crippen LogP contribution in [0.3, 0.4) is 0 Å². The van der Waals surface area contributed by atoms with Gasteiger partial charge in [-0.25, -0.2) is 8.78 Å². The van der Waals surface area contributed by atoms with Gasteiger partial charge in [-0.05, 0) is 5.56 Å². The fourth-order valence-corrected chi connectivity index (χ4v) is 1.74. The molecular formula is C13H19F2NO2. The minimum Gasteiger partial charge on any atom is -0.389 e.